The number of benzene rings is 8. The molecule has 1 saturated carbocycles. The van der Waals surface area contributed by atoms with Crippen molar-refractivity contribution < 1.29 is 45.3 Å². The second kappa shape index (κ2) is 22.1. The first kappa shape index (κ1) is 55.7. The van der Waals surface area contributed by atoms with Crippen LogP contribution < -0.4 is 19.7 Å². The summed E-state index contributed by atoms with van der Waals surface area (Å²) in [7, 11) is 1.51. The summed E-state index contributed by atoms with van der Waals surface area (Å²) in [6, 6.07) is 45.8. The first-order valence-electron chi connectivity index (χ1n) is 29.0. The Balaban J connectivity index is 0.896. The summed E-state index contributed by atoms with van der Waals surface area (Å²) >= 11 is 0. The summed E-state index contributed by atoms with van der Waals surface area (Å²) in [5, 5.41) is 3.82. The van der Waals surface area contributed by atoms with Crippen molar-refractivity contribution in [2.75, 3.05) is 43.6 Å². The van der Waals surface area contributed by atoms with Crippen molar-refractivity contribution in [2.45, 2.75) is 101 Å². The summed E-state index contributed by atoms with van der Waals surface area (Å²) in [6.45, 7) is 8.22. The van der Waals surface area contributed by atoms with E-state index in [4.69, 9.17) is 14.2 Å². The molecule has 8 aromatic carbocycles. The van der Waals surface area contributed by atoms with E-state index < -0.39 is 34.5 Å². The average molecular weight is 1130 g/mol. The zero-order valence-electron chi connectivity index (χ0n) is 47.1. The smallest absolute Gasteiger partial charge is 0.416 e. The largest absolute Gasteiger partial charge is 0.496 e. The normalized spacial score (nSPS) is 19.2. The van der Waals surface area contributed by atoms with Gasteiger partial charge in [-0.25, -0.2) is 0 Å². The molecule has 83 heavy (non-hydrogen) atoms. The number of carbonyl (C=O) groups is 1. The van der Waals surface area contributed by atoms with Gasteiger partial charge in [0.1, 0.15) is 11.5 Å². The highest BCUT2D eigenvalue weighted by Gasteiger charge is 2.50. The third-order valence-corrected chi connectivity index (χ3v) is 17.9. The zero-order chi connectivity index (χ0) is 57.8. The van der Waals surface area contributed by atoms with Gasteiger partial charge in [-0.15, -0.1) is 0 Å². The SMILES string of the molecule is CCCCCC1CCC(c2ccc(-c3ccc(C(=O)Nc4ccc(-c5cc6c7c(c8c(c6cc5OC)OC(c5ccccc5)(c5ccc(N6CCOCC6)cc5)C=C8)C(C)(C)c5c-7cc(C(F)(F)F)cc5C(F)(F)F)cc4)cc3)cc2)CC1. The Hall–Kier alpha value is -7.83. The topological polar surface area (TPSA) is 60.0 Å². The predicted octanol–water partition coefficient (Wildman–Crippen LogP) is 18.8. The van der Waals surface area contributed by atoms with E-state index in [1.54, 1.807) is 50.2 Å². The second-order valence-corrected chi connectivity index (χ2v) is 23.3. The quantitative estimate of drug-likeness (QED) is 0.0921. The maximum atomic E-state index is 15.4. The predicted molar refractivity (Wildman–Crippen MR) is 319 cm³/mol. The Morgan fingerprint density at radius 2 is 1.34 bits per heavy atom. The molecule has 1 amide bonds. The van der Waals surface area contributed by atoms with Gasteiger partial charge >= 0.3 is 12.4 Å². The fourth-order valence-corrected chi connectivity index (χ4v) is 13.6. The number of hydrogen-bond donors (Lipinski definition) is 1. The Kier molecular flexibility index (Phi) is 14.8. The van der Waals surface area contributed by atoms with Gasteiger partial charge in [-0.05, 0) is 154 Å². The maximum Gasteiger partial charge on any atom is 0.416 e. The standard InChI is InChI=1S/C71H66F6N2O4/c1-5-6-8-11-44-14-16-45(17-15-44)46-18-20-47(21-19-46)48-22-24-50(25-23-48)67(80)78-54-30-26-49(27-31-54)57-42-58-59(43-62(57)81-4)66-56(65-63(58)60-40-53(70(72,73)74)41-61(71(75,76)77)64(60)68(65,2)3)34-35-69(83-66,51-12-9-7-10-13-51)52-28-32-55(33-29-52)79-36-38-82-39-37-79/h7,9-10,12-13,18-35,40-45H,5-6,8,11,14-17,36-39H2,1-4H3,(H,78,80). The van der Waals surface area contributed by atoms with E-state index in [0.29, 0.717) is 74.9 Å². The molecule has 6 nitrogen and oxygen atoms in total. The van der Waals surface area contributed by atoms with E-state index >= 15 is 13.2 Å². The van der Waals surface area contributed by atoms with Crippen LogP contribution in [0.2, 0.25) is 0 Å². The summed E-state index contributed by atoms with van der Waals surface area (Å²) in [5.74, 6) is 1.87. The molecule has 2 heterocycles. The summed E-state index contributed by atoms with van der Waals surface area (Å²) in [6.07, 6.45) is 3.91. The summed E-state index contributed by atoms with van der Waals surface area (Å²) in [4.78, 5) is 16.0. The number of nitrogens with one attached hydrogen (secondary N) is 1. The highest BCUT2D eigenvalue weighted by molar-refractivity contribution is 6.11. The van der Waals surface area contributed by atoms with Crippen molar-refractivity contribution in [3.63, 3.8) is 0 Å². The average Bonchev–Trinajstić information content (AvgIpc) is 1.94. The number of nitrogens with zero attached hydrogens (tertiary/aromatic N) is 1. The minimum atomic E-state index is -5.13. The van der Waals surface area contributed by atoms with Gasteiger partial charge in [0.25, 0.3) is 5.91 Å². The molecule has 8 aromatic rings. The van der Waals surface area contributed by atoms with Crippen LogP contribution in [0.5, 0.6) is 11.5 Å². The third-order valence-electron chi connectivity index (χ3n) is 17.9. The lowest BCUT2D eigenvalue weighted by molar-refractivity contribution is -0.143. The number of hydrogen-bond acceptors (Lipinski definition) is 5. The molecular weight excluding hydrogens is 1060 g/mol. The van der Waals surface area contributed by atoms with Crippen LogP contribution in [0.15, 0.2) is 158 Å². The van der Waals surface area contributed by atoms with Crippen LogP contribution in [0.4, 0.5) is 37.7 Å². The van der Waals surface area contributed by atoms with Crippen molar-refractivity contribution >= 4 is 34.1 Å². The molecule has 1 N–H and O–H groups in total. The van der Waals surface area contributed by atoms with Gasteiger partial charge in [-0.2, -0.15) is 26.3 Å². The lowest BCUT2D eigenvalue weighted by atomic mass is 9.75. The van der Waals surface area contributed by atoms with Crippen LogP contribution >= 0.6 is 0 Å². The van der Waals surface area contributed by atoms with Crippen LogP contribution in [0, 0.1) is 5.92 Å². The monoisotopic (exact) mass is 1120 g/mol. The first-order valence-corrected chi connectivity index (χ1v) is 29.0. The Labute approximate surface area is 481 Å². The highest BCUT2D eigenvalue weighted by atomic mass is 19.4. The molecule has 0 aromatic heterocycles. The lowest BCUT2D eigenvalue weighted by Crippen LogP contribution is -2.37. The molecule has 2 aliphatic heterocycles. The molecule has 4 aliphatic rings. The molecule has 0 spiro atoms. The van der Waals surface area contributed by atoms with Crippen molar-refractivity contribution in [1.82, 2.24) is 0 Å². The number of rotatable bonds is 13. The Morgan fingerprint density at radius 1 is 0.687 bits per heavy atom. The minimum absolute atomic E-state index is 0.160. The van der Waals surface area contributed by atoms with Crippen LogP contribution in [-0.4, -0.2) is 39.3 Å². The van der Waals surface area contributed by atoms with Crippen LogP contribution in [0.3, 0.4) is 0 Å². The zero-order valence-corrected chi connectivity index (χ0v) is 47.1. The van der Waals surface area contributed by atoms with Gasteiger partial charge in [0.05, 0.1) is 31.5 Å². The van der Waals surface area contributed by atoms with Crippen molar-refractivity contribution in [3.8, 4) is 44.9 Å². The molecule has 0 bridgehead atoms. The van der Waals surface area contributed by atoms with Gasteiger partial charge in [-0.3, -0.25) is 4.79 Å². The first-order chi connectivity index (χ1) is 39.9. The number of methoxy groups -OCH3 is 1. The highest BCUT2D eigenvalue weighted by Crippen LogP contribution is 2.62. The number of fused-ring (bicyclic) bond motifs is 8. The van der Waals surface area contributed by atoms with Crippen molar-refractivity contribution in [3.05, 3.63) is 208 Å². The molecule has 426 valence electrons. The fourth-order valence-electron chi connectivity index (χ4n) is 13.6. The van der Waals surface area contributed by atoms with Crippen LogP contribution in [-0.2, 0) is 28.1 Å². The maximum absolute atomic E-state index is 15.4. The minimum Gasteiger partial charge on any atom is -0.496 e. The molecule has 12 heteroatoms. The lowest BCUT2D eigenvalue weighted by Gasteiger charge is -2.39. The van der Waals surface area contributed by atoms with E-state index in [1.165, 1.54) is 64.0 Å². The molecule has 1 unspecified atom stereocenters. The molecule has 0 radical (unpaired) electrons. The number of morpholine rings is 1. The molecular formula is C71H66F6N2O4. The van der Waals surface area contributed by atoms with Gasteiger partial charge in [0.2, 0.25) is 0 Å². The number of halogens is 6. The third kappa shape index (κ3) is 10.5. The second-order valence-electron chi connectivity index (χ2n) is 23.3. The summed E-state index contributed by atoms with van der Waals surface area (Å²) < 4.78 is 110. The number of anilines is 2. The molecule has 12 rings (SSSR count). The van der Waals surface area contributed by atoms with Gasteiger partial charge < -0.3 is 24.4 Å². The summed E-state index contributed by atoms with van der Waals surface area (Å²) in [5.41, 5.74) is 3.37. The molecule has 1 atom stereocenters. The van der Waals surface area contributed by atoms with Crippen LogP contribution in [0.1, 0.15) is 133 Å². The number of carbonyl (C=O) groups excluding carboxylic acids is 1. The van der Waals surface area contributed by atoms with E-state index in [0.717, 1.165) is 53.0 Å². The Morgan fingerprint density at radius 3 is 1.98 bits per heavy atom. The van der Waals surface area contributed by atoms with E-state index in [9.17, 15) is 18.0 Å². The number of amides is 1. The van der Waals surface area contributed by atoms with Gasteiger partial charge in [0, 0.05) is 63.1 Å². The van der Waals surface area contributed by atoms with Gasteiger partial charge in [0.15, 0.2) is 5.60 Å². The molecule has 2 aliphatic carbocycles. The van der Waals surface area contributed by atoms with Crippen molar-refractivity contribution in [2.24, 2.45) is 5.92 Å². The van der Waals surface area contributed by atoms with E-state index in [2.05, 4.69) is 41.4 Å². The number of ether oxygens (including phenoxy) is 3. The molecule has 2 fully saturated rings. The van der Waals surface area contributed by atoms with E-state index in [1.807, 2.05) is 91.0 Å². The van der Waals surface area contributed by atoms with Gasteiger partial charge in [-0.1, -0.05) is 144 Å². The number of unbranched alkanes of at least 4 members (excludes halogenated alkanes) is 2. The number of alkyl halides is 6. The Bertz CT molecular complexity index is 3730. The fraction of sp³-hybridized carbons (Fsp3) is 0.310. The molecule has 1 saturated heterocycles. The van der Waals surface area contributed by atoms with E-state index in [-0.39, 0.29) is 28.7 Å². The van der Waals surface area contributed by atoms with Crippen molar-refractivity contribution in [1.29, 1.82) is 0 Å². The van der Waals surface area contributed by atoms with Crippen LogP contribution in [0.25, 0.3) is 50.2 Å².